The topological polar surface area (TPSA) is 60.9 Å². The van der Waals surface area contributed by atoms with Crippen LogP contribution in [-0.4, -0.2) is 9.55 Å². The second-order valence-electron chi connectivity index (χ2n) is 4.73. The molecule has 0 unspecified atom stereocenters. The van der Waals surface area contributed by atoms with Crippen LogP contribution in [0.25, 0.3) is 10.9 Å². The van der Waals surface area contributed by atoms with Crippen LogP contribution < -0.4 is 11.3 Å². The molecule has 0 spiro atoms. The summed E-state index contributed by atoms with van der Waals surface area (Å²) < 4.78 is 27.6. The summed E-state index contributed by atoms with van der Waals surface area (Å²) in [6, 6.07) is 7.98. The first kappa shape index (κ1) is 13.2. The molecule has 2 aromatic carbocycles. The number of nitrogens with two attached hydrogens (primary N) is 1. The second-order valence-corrected chi connectivity index (χ2v) is 4.73. The van der Waals surface area contributed by atoms with E-state index >= 15 is 0 Å². The van der Waals surface area contributed by atoms with E-state index in [-0.39, 0.29) is 12.1 Å². The van der Waals surface area contributed by atoms with Gasteiger partial charge in [0, 0.05) is 11.8 Å². The van der Waals surface area contributed by atoms with Crippen LogP contribution in [0.5, 0.6) is 0 Å². The quantitative estimate of drug-likeness (QED) is 0.736. The molecule has 0 amide bonds. The highest BCUT2D eigenvalue weighted by molar-refractivity contribution is 5.80. The number of rotatable bonds is 2. The Morgan fingerprint density at radius 1 is 1.10 bits per heavy atom. The summed E-state index contributed by atoms with van der Waals surface area (Å²) in [5.74, 6) is -1.37. The van der Waals surface area contributed by atoms with E-state index in [0.717, 1.165) is 6.07 Å². The van der Waals surface area contributed by atoms with Crippen LogP contribution in [-0.2, 0) is 6.54 Å². The minimum atomic E-state index is -0.684. The smallest absolute Gasteiger partial charge is 0.261 e. The molecule has 0 saturated heterocycles. The number of aromatic nitrogens is 2. The lowest BCUT2D eigenvalue weighted by Gasteiger charge is -2.07. The first-order valence-corrected chi connectivity index (χ1v) is 6.22. The van der Waals surface area contributed by atoms with Gasteiger partial charge >= 0.3 is 0 Å². The molecular formula is C15H11F2N3O. The first-order valence-electron chi connectivity index (χ1n) is 6.22. The largest absolute Gasteiger partial charge is 0.399 e. The molecule has 6 heteroatoms. The molecule has 21 heavy (non-hydrogen) atoms. The van der Waals surface area contributed by atoms with Crippen molar-refractivity contribution in [2.45, 2.75) is 6.54 Å². The van der Waals surface area contributed by atoms with Crippen molar-refractivity contribution >= 4 is 16.6 Å². The third-order valence-electron chi connectivity index (χ3n) is 3.12. The number of hydrogen-bond acceptors (Lipinski definition) is 3. The average Bonchev–Trinajstić information content (AvgIpc) is 2.41. The summed E-state index contributed by atoms with van der Waals surface area (Å²) in [7, 11) is 0. The Morgan fingerprint density at radius 2 is 1.81 bits per heavy atom. The molecule has 3 aromatic rings. The van der Waals surface area contributed by atoms with Crippen molar-refractivity contribution in [2.24, 2.45) is 0 Å². The van der Waals surface area contributed by atoms with E-state index in [4.69, 9.17) is 5.73 Å². The van der Waals surface area contributed by atoms with E-state index in [1.165, 1.54) is 29.1 Å². The normalized spacial score (nSPS) is 11.0. The van der Waals surface area contributed by atoms with Crippen LogP contribution in [0.3, 0.4) is 0 Å². The molecule has 0 atom stereocenters. The van der Waals surface area contributed by atoms with Crippen molar-refractivity contribution in [3.63, 3.8) is 0 Å². The van der Waals surface area contributed by atoms with Gasteiger partial charge in [0.1, 0.15) is 11.6 Å². The fourth-order valence-electron chi connectivity index (χ4n) is 2.19. The highest BCUT2D eigenvalue weighted by atomic mass is 19.1. The molecule has 3 rings (SSSR count). The lowest BCUT2D eigenvalue weighted by Crippen LogP contribution is -2.21. The van der Waals surface area contributed by atoms with Gasteiger partial charge in [-0.3, -0.25) is 9.36 Å². The molecule has 0 bridgehead atoms. The fraction of sp³-hybridized carbons (Fsp3) is 0.0667. The minimum absolute atomic E-state index is 0.0330. The van der Waals surface area contributed by atoms with Gasteiger partial charge in [-0.15, -0.1) is 0 Å². The van der Waals surface area contributed by atoms with E-state index in [0.29, 0.717) is 22.2 Å². The molecule has 0 aliphatic carbocycles. The lowest BCUT2D eigenvalue weighted by molar-refractivity contribution is 0.576. The van der Waals surface area contributed by atoms with Crippen LogP contribution in [0.4, 0.5) is 14.5 Å². The Morgan fingerprint density at radius 3 is 2.52 bits per heavy atom. The van der Waals surface area contributed by atoms with E-state index in [9.17, 15) is 13.6 Å². The summed E-state index contributed by atoms with van der Waals surface area (Å²) >= 11 is 0. The maximum Gasteiger partial charge on any atom is 0.261 e. The molecule has 1 heterocycles. The summed E-state index contributed by atoms with van der Waals surface area (Å²) in [6.45, 7) is 0.0330. The predicted molar refractivity (Wildman–Crippen MR) is 75.9 cm³/mol. The number of nitrogen functional groups attached to an aromatic ring is 1. The third-order valence-corrected chi connectivity index (χ3v) is 3.12. The van der Waals surface area contributed by atoms with E-state index in [2.05, 4.69) is 4.98 Å². The fourth-order valence-corrected chi connectivity index (χ4v) is 2.19. The zero-order valence-corrected chi connectivity index (χ0v) is 10.9. The van der Waals surface area contributed by atoms with Crippen molar-refractivity contribution in [1.82, 2.24) is 9.55 Å². The van der Waals surface area contributed by atoms with Crippen molar-refractivity contribution in [1.29, 1.82) is 0 Å². The van der Waals surface area contributed by atoms with Gasteiger partial charge in [0.25, 0.3) is 5.56 Å². The van der Waals surface area contributed by atoms with Gasteiger partial charge < -0.3 is 5.73 Å². The van der Waals surface area contributed by atoms with Gasteiger partial charge in [0.2, 0.25) is 0 Å². The summed E-state index contributed by atoms with van der Waals surface area (Å²) in [4.78, 5) is 16.5. The number of anilines is 1. The van der Waals surface area contributed by atoms with Crippen LogP contribution in [0.15, 0.2) is 47.5 Å². The van der Waals surface area contributed by atoms with Gasteiger partial charge in [0.05, 0.1) is 23.8 Å². The molecule has 0 aliphatic rings. The van der Waals surface area contributed by atoms with Crippen LogP contribution in [0, 0.1) is 11.6 Å². The molecule has 0 fully saturated rings. The molecule has 2 N–H and O–H groups in total. The molecule has 0 radical (unpaired) electrons. The van der Waals surface area contributed by atoms with Crippen LogP contribution in [0.1, 0.15) is 5.56 Å². The Bertz CT molecular complexity index is 869. The molecular weight excluding hydrogens is 276 g/mol. The number of fused-ring (bicyclic) bond motifs is 1. The van der Waals surface area contributed by atoms with Crippen molar-refractivity contribution in [3.05, 3.63) is 70.3 Å². The zero-order chi connectivity index (χ0) is 15.0. The monoisotopic (exact) mass is 287 g/mol. The SMILES string of the molecule is Nc1ccc2ncn(Cc3cc(F)cc(F)c3)c(=O)c2c1. The van der Waals surface area contributed by atoms with E-state index < -0.39 is 11.6 Å². The second kappa shape index (κ2) is 4.97. The average molecular weight is 287 g/mol. The Hall–Kier alpha value is -2.76. The van der Waals surface area contributed by atoms with Crippen molar-refractivity contribution < 1.29 is 8.78 Å². The van der Waals surface area contributed by atoms with Gasteiger partial charge in [0.15, 0.2) is 0 Å². The highest BCUT2D eigenvalue weighted by Gasteiger charge is 2.07. The minimum Gasteiger partial charge on any atom is -0.399 e. The molecule has 0 aliphatic heterocycles. The van der Waals surface area contributed by atoms with Gasteiger partial charge in [-0.25, -0.2) is 13.8 Å². The van der Waals surface area contributed by atoms with E-state index in [1.54, 1.807) is 12.1 Å². The molecule has 4 nitrogen and oxygen atoms in total. The Labute approximate surface area is 118 Å². The summed E-state index contributed by atoms with van der Waals surface area (Å²) in [6.07, 6.45) is 1.35. The first-order chi connectivity index (χ1) is 10.0. The lowest BCUT2D eigenvalue weighted by atomic mass is 10.2. The number of benzene rings is 2. The predicted octanol–water partition coefficient (Wildman–Crippen LogP) is 2.31. The van der Waals surface area contributed by atoms with Gasteiger partial charge in [-0.1, -0.05) is 0 Å². The van der Waals surface area contributed by atoms with Gasteiger partial charge in [-0.2, -0.15) is 0 Å². The van der Waals surface area contributed by atoms with Crippen molar-refractivity contribution in [3.8, 4) is 0 Å². The maximum atomic E-state index is 13.2. The van der Waals surface area contributed by atoms with Crippen LogP contribution >= 0.6 is 0 Å². The number of nitrogens with zero attached hydrogens (tertiary/aromatic N) is 2. The number of hydrogen-bond donors (Lipinski definition) is 1. The number of halogens is 2. The van der Waals surface area contributed by atoms with E-state index in [1.807, 2.05) is 0 Å². The Balaban J connectivity index is 2.08. The molecule has 106 valence electrons. The van der Waals surface area contributed by atoms with Crippen LogP contribution in [0.2, 0.25) is 0 Å². The highest BCUT2D eigenvalue weighted by Crippen LogP contribution is 2.12. The Kier molecular flexibility index (Phi) is 3.13. The summed E-state index contributed by atoms with van der Waals surface area (Å²) in [5.41, 5.74) is 6.68. The zero-order valence-electron chi connectivity index (χ0n) is 10.9. The standard InChI is InChI=1S/C15H11F2N3O/c16-10-3-9(4-11(17)5-10)7-20-8-19-14-2-1-12(18)6-13(14)15(20)21/h1-6,8H,7,18H2. The summed E-state index contributed by atoms with van der Waals surface area (Å²) in [5, 5.41) is 0.370. The molecule has 0 saturated carbocycles. The van der Waals surface area contributed by atoms with Gasteiger partial charge in [-0.05, 0) is 35.9 Å². The van der Waals surface area contributed by atoms with Crippen molar-refractivity contribution in [2.75, 3.05) is 5.73 Å². The molecule has 1 aromatic heterocycles. The maximum absolute atomic E-state index is 13.2. The third kappa shape index (κ3) is 2.60.